The van der Waals surface area contributed by atoms with Crippen molar-refractivity contribution in [3.8, 4) is 21.9 Å². The summed E-state index contributed by atoms with van der Waals surface area (Å²) in [6, 6.07) is 9.54. The molecule has 2 aliphatic carbocycles. The number of nitrogens with zero attached hydrogens (tertiary/aromatic N) is 1. The highest BCUT2D eigenvalue weighted by Gasteiger charge is 2.41. The number of halogens is 3. The molecule has 47 heavy (non-hydrogen) atoms. The molecule has 0 saturated heterocycles. The number of amides is 1. The molecular weight excluding hydrogens is 639 g/mol. The number of benzene rings is 2. The topological polar surface area (TPSA) is 150 Å². The van der Waals surface area contributed by atoms with E-state index in [0.29, 0.717) is 23.3 Å². The van der Waals surface area contributed by atoms with Crippen molar-refractivity contribution in [2.75, 3.05) is 7.11 Å². The zero-order valence-electron chi connectivity index (χ0n) is 25.1. The smallest absolute Gasteiger partial charge is 0.491 e. The van der Waals surface area contributed by atoms with Gasteiger partial charge in [-0.1, -0.05) is 12.1 Å². The van der Waals surface area contributed by atoms with Gasteiger partial charge in [0.2, 0.25) is 11.3 Å². The second-order valence-corrected chi connectivity index (χ2v) is 12.8. The van der Waals surface area contributed by atoms with Crippen LogP contribution in [0.4, 0.5) is 13.2 Å². The number of fused-ring (bicyclic) bond motifs is 2. The van der Waals surface area contributed by atoms with Gasteiger partial charge in [-0.15, -0.1) is 11.3 Å². The van der Waals surface area contributed by atoms with Gasteiger partial charge in [-0.25, -0.2) is 9.59 Å². The molecule has 0 radical (unpaired) electrons. The van der Waals surface area contributed by atoms with E-state index in [1.54, 1.807) is 23.5 Å². The Labute approximate surface area is 269 Å². The van der Waals surface area contributed by atoms with Crippen LogP contribution in [0.15, 0.2) is 53.5 Å². The number of carbonyl (C=O) groups is 3. The number of alkyl halides is 3. The normalized spacial score (nSPS) is 16.7. The Morgan fingerprint density at radius 2 is 1.85 bits per heavy atom. The number of ether oxygens (including phenoxy) is 2. The zero-order chi connectivity index (χ0) is 33.6. The van der Waals surface area contributed by atoms with Gasteiger partial charge in [0.15, 0.2) is 5.75 Å². The van der Waals surface area contributed by atoms with E-state index in [1.807, 2.05) is 10.6 Å². The molecule has 10 nitrogen and oxygen atoms in total. The number of esters is 1. The van der Waals surface area contributed by atoms with Gasteiger partial charge >= 0.3 is 18.1 Å². The lowest BCUT2D eigenvalue weighted by Crippen LogP contribution is -2.44. The number of thiophene rings is 1. The van der Waals surface area contributed by atoms with Gasteiger partial charge in [0.1, 0.15) is 11.3 Å². The summed E-state index contributed by atoms with van der Waals surface area (Å²) in [6.07, 6.45) is 0.462. The van der Waals surface area contributed by atoms with Crippen molar-refractivity contribution in [2.24, 2.45) is 5.73 Å². The first-order valence-corrected chi connectivity index (χ1v) is 15.7. The number of carboxylic acids is 1. The average Bonchev–Trinajstić information content (AvgIpc) is 3.78. The molecule has 0 bridgehead atoms. The van der Waals surface area contributed by atoms with Crippen LogP contribution < -0.4 is 26.0 Å². The van der Waals surface area contributed by atoms with Crippen molar-refractivity contribution in [1.29, 1.82) is 0 Å². The maximum absolute atomic E-state index is 13.2. The van der Waals surface area contributed by atoms with E-state index < -0.39 is 35.5 Å². The molecule has 246 valence electrons. The minimum Gasteiger partial charge on any atom is -0.494 e. The number of nitrogens with two attached hydrogens (primary N) is 1. The molecule has 4 aromatic rings. The third-order valence-corrected chi connectivity index (χ3v) is 9.62. The van der Waals surface area contributed by atoms with Crippen LogP contribution in [0.3, 0.4) is 0 Å². The molecule has 1 saturated carbocycles. The van der Waals surface area contributed by atoms with Crippen molar-refractivity contribution < 1.29 is 42.1 Å². The van der Waals surface area contributed by atoms with Crippen molar-refractivity contribution in [1.82, 2.24) is 9.88 Å². The highest BCUT2D eigenvalue weighted by Crippen LogP contribution is 2.46. The van der Waals surface area contributed by atoms with E-state index >= 15 is 0 Å². The lowest BCUT2D eigenvalue weighted by atomic mass is 9.92. The van der Waals surface area contributed by atoms with Gasteiger partial charge in [0.25, 0.3) is 0 Å². The molecule has 2 aromatic carbocycles. The van der Waals surface area contributed by atoms with Crippen molar-refractivity contribution in [2.45, 2.75) is 62.8 Å². The van der Waals surface area contributed by atoms with Gasteiger partial charge in [-0.05, 0) is 80.0 Å². The highest BCUT2D eigenvalue weighted by atomic mass is 32.1. The summed E-state index contributed by atoms with van der Waals surface area (Å²) in [4.78, 5) is 51.1. The van der Waals surface area contributed by atoms with Crippen molar-refractivity contribution in [3.63, 3.8) is 0 Å². The Hall–Kier alpha value is -4.69. The van der Waals surface area contributed by atoms with Gasteiger partial charge < -0.3 is 30.2 Å². The van der Waals surface area contributed by atoms with Crippen LogP contribution in [0, 0.1) is 0 Å². The number of rotatable bonds is 9. The van der Waals surface area contributed by atoms with Crippen molar-refractivity contribution >= 4 is 40.1 Å². The molecule has 2 aromatic heterocycles. The van der Waals surface area contributed by atoms with Crippen LogP contribution in [0.5, 0.6) is 11.5 Å². The molecule has 1 unspecified atom stereocenters. The molecule has 4 N–H and O–H groups in total. The maximum atomic E-state index is 13.2. The molecule has 0 aliphatic heterocycles. The number of carboxylic acid groups (broad SMARTS) is 1. The van der Waals surface area contributed by atoms with Gasteiger partial charge in [0, 0.05) is 27.6 Å². The quantitative estimate of drug-likeness (QED) is 0.161. The molecule has 6 rings (SSSR count). The molecule has 14 heteroatoms. The number of nitrogens with one attached hydrogen (secondary N) is 1. The Balaban J connectivity index is 1.22. The van der Waals surface area contributed by atoms with Crippen LogP contribution in [0.1, 0.15) is 64.1 Å². The molecule has 1 fully saturated rings. The van der Waals surface area contributed by atoms with Crippen LogP contribution in [-0.4, -0.2) is 46.8 Å². The lowest BCUT2D eigenvalue weighted by Gasteiger charge is -2.25. The standard InChI is InChI=1S/C33H30F3N3O7S/c1-45-29-19(11-12-20-27(29)39(17-7-8-17)15-22(28(20)40)31(42)43)26-14-21-24(3-2-4-25(21)47-26)38-30(41)23(37)13-16-5-9-18(10-6-16)46-32(44)33(34,35)36/h5-6,9-12,14-15,17,23-24H,2-4,7-8,13,37H2,1H3,(H,38,41)(H,42,43)/t23-,24?/m1/s1. The Kier molecular flexibility index (Phi) is 8.57. The minimum atomic E-state index is -5.11. The number of carbonyl (C=O) groups excluding carboxylic acids is 2. The molecule has 2 heterocycles. The number of methoxy groups -OCH3 is 1. The zero-order valence-corrected chi connectivity index (χ0v) is 25.9. The van der Waals surface area contributed by atoms with E-state index in [4.69, 9.17) is 10.5 Å². The summed E-state index contributed by atoms with van der Waals surface area (Å²) in [5.41, 5.74) is 8.19. The fourth-order valence-electron chi connectivity index (χ4n) is 5.93. The third-order valence-electron chi connectivity index (χ3n) is 8.38. The monoisotopic (exact) mass is 669 g/mol. The molecule has 2 aliphatic rings. The summed E-state index contributed by atoms with van der Waals surface area (Å²) >= 11 is 1.57. The molecule has 0 spiro atoms. The summed E-state index contributed by atoms with van der Waals surface area (Å²) < 4.78 is 49.4. The van der Waals surface area contributed by atoms with E-state index in [0.717, 1.165) is 46.6 Å². The van der Waals surface area contributed by atoms with Crippen LogP contribution in [0.2, 0.25) is 0 Å². The SMILES string of the molecule is COc1c(-c2cc3c(s2)CCCC3NC(=O)[C@H](N)Cc2ccc(OC(=O)C(F)(F)F)cc2)ccc2c(=O)c(C(=O)O)cn(C3CC3)c12. The number of pyridine rings is 1. The Bertz CT molecular complexity index is 1950. The summed E-state index contributed by atoms with van der Waals surface area (Å²) in [6.45, 7) is 0. The molecule has 2 atom stereocenters. The highest BCUT2D eigenvalue weighted by molar-refractivity contribution is 7.15. The van der Waals surface area contributed by atoms with E-state index in [2.05, 4.69) is 10.1 Å². The maximum Gasteiger partial charge on any atom is 0.491 e. The van der Waals surface area contributed by atoms with E-state index in [-0.39, 0.29) is 35.2 Å². The first-order chi connectivity index (χ1) is 22.3. The summed E-state index contributed by atoms with van der Waals surface area (Å²) in [5.74, 6) is -3.80. The lowest BCUT2D eigenvalue weighted by molar-refractivity contribution is -0.189. The number of aryl methyl sites for hydroxylation is 1. The second-order valence-electron chi connectivity index (χ2n) is 11.6. The number of hydrogen-bond acceptors (Lipinski definition) is 8. The van der Waals surface area contributed by atoms with Crippen LogP contribution in [0.25, 0.3) is 21.3 Å². The van der Waals surface area contributed by atoms with Crippen molar-refractivity contribution in [3.05, 3.63) is 80.5 Å². The second kappa shape index (κ2) is 12.5. The van der Waals surface area contributed by atoms with E-state index in [1.165, 1.54) is 37.6 Å². The number of hydrogen-bond donors (Lipinski definition) is 3. The van der Waals surface area contributed by atoms with Gasteiger partial charge in [-0.2, -0.15) is 13.2 Å². The van der Waals surface area contributed by atoms with E-state index in [9.17, 15) is 37.5 Å². The first-order valence-electron chi connectivity index (χ1n) is 14.9. The predicted molar refractivity (Wildman–Crippen MR) is 167 cm³/mol. The van der Waals surface area contributed by atoms with Crippen LogP contribution >= 0.6 is 11.3 Å². The average molecular weight is 670 g/mol. The number of aromatic carboxylic acids is 1. The third kappa shape index (κ3) is 6.47. The largest absolute Gasteiger partial charge is 0.494 e. The predicted octanol–water partition coefficient (Wildman–Crippen LogP) is 5.30. The summed E-state index contributed by atoms with van der Waals surface area (Å²) in [5, 5.41) is 12.9. The molecular formula is C33H30F3N3O7S. The van der Waals surface area contributed by atoms with Gasteiger partial charge in [0.05, 0.1) is 30.1 Å². The fraction of sp³-hybridized carbons (Fsp3) is 0.333. The van der Waals surface area contributed by atoms with Gasteiger partial charge in [-0.3, -0.25) is 9.59 Å². The van der Waals surface area contributed by atoms with Crippen LogP contribution in [-0.2, 0) is 22.4 Å². The molecule has 1 amide bonds. The minimum absolute atomic E-state index is 0.0746. The fourth-order valence-corrected chi connectivity index (χ4v) is 7.22. The first kappa shape index (κ1) is 32.3. The summed E-state index contributed by atoms with van der Waals surface area (Å²) in [7, 11) is 1.52. The Morgan fingerprint density at radius 3 is 2.49 bits per heavy atom. The Morgan fingerprint density at radius 1 is 1.13 bits per heavy atom. The number of aromatic nitrogens is 1.